The molecule has 2 heterocycles. The Bertz CT molecular complexity index is 431. The van der Waals surface area contributed by atoms with Crippen molar-refractivity contribution in [1.82, 2.24) is 15.2 Å². The van der Waals surface area contributed by atoms with Gasteiger partial charge in [0.05, 0.1) is 0 Å². The average molecular weight is 368 g/mol. The minimum absolute atomic E-state index is 0.915. The molecule has 6 heteroatoms. The second-order valence-electron chi connectivity index (χ2n) is 2.22. The molecule has 2 aromatic heterocycles. The van der Waals surface area contributed by atoms with Crippen LogP contribution >= 0.6 is 49.9 Å². The summed E-state index contributed by atoms with van der Waals surface area (Å²) in [6.07, 6.45) is 3.50. The number of hydrogen-bond acceptors (Lipinski definition) is 4. The Morgan fingerprint density at radius 1 is 1.38 bits per heavy atom. The van der Waals surface area contributed by atoms with Gasteiger partial charge in [0.2, 0.25) is 0 Å². The third kappa shape index (κ3) is 2.05. The lowest BCUT2D eigenvalue weighted by atomic mass is 10.3. The van der Waals surface area contributed by atoms with Crippen molar-refractivity contribution in [3.05, 3.63) is 25.9 Å². The van der Waals surface area contributed by atoms with Gasteiger partial charge in [-0.25, -0.2) is 0 Å². The lowest BCUT2D eigenvalue weighted by molar-refractivity contribution is 1.07. The summed E-state index contributed by atoms with van der Waals surface area (Å²) in [5, 5.41) is 8.91. The third-order valence-corrected chi connectivity index (χ3v) is 3.66. The summed E-state index contributed by atoms with van der Waals surface area (Å²) in [7, 11) is 0. The fraction of sp³-hybridized carbons (Fsp3) is 0. The number of halogens is 2. The lowest BCUT2D eigenvalue weighted by Crippen LogP contribution is -1.80. The second-order valence-corrected chi connectivity index (χ2v) is 5.80. The van der Waals surface area contributed by atoms with Crippen LogP contribution in [0, 0.1) is 3.01 Å². The van der Waals surface area contributed by atoms with Crippen LogP contribution in [0.1, 0.15) is 0 Å². The summed E-state index contributed by atoms with van der Waals surface area (Å²) in [6.45, 7) is 0. The topological polar surface area (TPSA) is 38.7 Å². The predicted octanol–water partition coefficient (Wildman–Crippen LogP) is 2.97. The Morgan fingerprint density at radius 3 is 2.85 bits per heavy atom. The van der Waals surface area contributed by atoms with Gasteiger partial charge in [0.1, 0.15) is 5.01 Å². The van der Waals surface area contributed by atoms with E-state index >= 15 is 0 Å². The molecule has 0 saturated carbocycles. The van der Waals surface area contributed by atoms with Gasteiger partial charge in [-0.2, -0.15) is 0 Å². The summed E-state index contributed by atoms with van der Waals surface area (Å²) < 4.78 is 1.89. The van der Waals surface area contributed by atoms with E-state index in [-0.39, 0.29) is 0 Å². The molecule has 2 aromatic rings. The maximum absolute atomic E-state index is 4.05. The van der Waals surface area contributed by atoms with Gasteiger partial charge in [-0.1, -0.05) is 11.3 Å². The average Bonchev–Trinajstić information content (AvgIpc) is 2.53. The highest BCUT2D eigenvalue weighted by atomic mass is 127. The molecule has 0 unspecified atom stereocenters. The normalized spacial score (nSPS) is 10.3. The molecule has 66 valence electrons. The summed E-state index contributed by atoms with van der Waals surface area (Å²) >= 11 is 7.13. The maximum Gasteiger partial charge on any atom is 0.178 e. The molecule has 0 aliphatic rings. The van der Waals surface area contributed by atoms with E-state index in [4.69, 9.17) is 0 Å². The van der Waals surface area contributed by atoms with Crippen LogP contribution < -0.4 is 0 Å². The highest BCUT2D eigenvalue weighted by Crippen LogP contribution is 2.29. The molecule has 13 heavy (non-hydrogen) atoms. The Labute approximate surface area is 101 Å². The third-order valence-electron chi connectivity index (χ3n) is 1.40. The van der Waals surface area contributed by atoms with Crippen LogP contribution in [0.3, 0.4) is 0 Å². The highest BCUT2D eigenvalue weighted by Gasteiger charge is 2.07. The van der Waals surface area contributed by atoms with E-state index in [9.17, 15) is 0 Å². The van der Waals surface area contributed by atoms with Gasteiger partial charge in [-0.15, -0.1) is 10.2 Å². The zero-order chi connectivity index (χ0) is 9.26. The first-order valence-corrected chi connectivity index (χ1v) is 6.05. The second kappa shape index (κ2) is 3.97. The van der Waals surface area contributed by atoms with Crippen LogP contribution in [0.2, 0.25) is 0 Å². The van der Waals surface area contributed by atoms with Gasteiger partial charge >= 0.3 is 0 Å². The number of aromatic nitrogens is 3. The van der Waals surface area contributed by atoms with Crippen molar-refractivity contribution in [2.45, 2.75) is 0 Å². The van der Waals surface area contributed by atoms with E-state index < -0.39 is 0 Å². The molecule has 0 spiro atoms. The van der Waals surface area contributed by atoms with Gasteiger partial charge in [-0.3, -0.25) is 4.98 Å². The quantitative estimate of drug-likeness (QED) is 0.727. The van der Waals surface area contributed by atoms with Crippen molar-refractivity contribution in [2.24, 2.45) is 0 Å². The first-order chi connectivity index (χ1) is 6.27. The summed E-state index contributed by atoms with van der Waals surface area (Å²) in [6, 6.07) is 1.92. The fourth-order valence-corrected chi connectivity index (χ4v) is 2.78. The molecule has 0 amide bonds. The Balaban J connectivity index is 2.52. The molecule has 0 N–H and O–H groups in total. The minimum atomic E-state index is 0.915. The van der Waals surface area contributed by atoms with Crippen molar-refractivity contribution in [1.29, 1.82) is 0 Å². The standard InChI is InChI=1S/C7H3BrIN3S/c8-5-3-10-2-1-4(5)6-11-12-7(9)13-6/h1-3H. The molecule has 0 saturated heterocycles. The van der Waals surface area contributed by atoms with E-state index in [2.05, 4.69) is 53.7 Å². The van der Waals surface area contributed by atoms with Crippen LogP contribution in [-0.2, 0) is 0 Å². The van der Waals surface area contributed by atoms with Crippen LogP contribution in [0.25, 0.3) is 10.6 Å². The van der Waals surface area contributed by atoms with Crippen LogP contribution in [-0.4, -0.2) is 15.2 Å². The molecule has 0 aliphatic carbocycles. The molecule has 0 atom stereocenters. The van der Waals surface area contributed by atoms with E-state index in [1.807, 2.05) is 6.07 Å². The van der Waals surface area contributed by atoms with E-state index in [1.54, 1.807) is 23.7 Å². The van der Waals surface area contributed by atoms with E-state index in [0.717, 1.165) is 18.1 Å². The van der Waals surface area contributed by atoms with Crippen molar-refractivity contribution in [3.63, 3.8) is 0 Å². The van der Waals surface area contributed by atoms with Crippen molar-refractivity contribution in [2.75, 3.05) is 0 Å². The zero-order valence-electron chi connectivity index (χ0n) is 6.24. The van der Waals surface area contributed by atoms with Crippen LogP contribution in [0.5, 0.6) is 0 Å². The van der Waals surface area contributed by atoms with E-state index in [1.165, 1.54) is 0 Å². The van der Waals surface area contributed by atoms with E-state index in [0.29, 0.717) is 0 Å². The van der Waals surface area contributed by atoms with Gasteiger partial charge in [0, 0.05) is 22.4 Å². The number of nitrogens with zero attached hydrogens (tertiary/aromatic N) is 3. The molecule has 0 aliphatic heterocycles. The molecule has 0 radical (unpaired) electrons. The Kier molecular flexibility index (Phi) is 2.89. The molecular formula is C7H3BrIN3S. The van der Waals surface area contributed by atoms with Crippen LogP contribution in [0.15, 0.2) is 22.9 Å². The molecular weight excluding hydrogens is 365 g/mol. The van der Waals surface area contributed by atoms with Gasteiger partial charge in [0.15, 0.2) is 3.01 Å². The first kappa shape index (κ1) is 9.47. The van der Waals surface area contributed by atoms with Crippen LogP contribution in [0.4, 0.5) is 0 Å². The first-order valence-electron chi connectivity index (χ1n) is 3.36. The predicted molar refractivity (Wildman–Crippen MR) is 63.6 cm³/mol. The highest BCUT2D eigenvalue weighted by molar-refractivity contribution is 14.1. The molecule has 0 aromatic carbocycles. The molecule has 2 rings (SSSR count). The van der Waals surface area contributed by atoms with Crippen molar-refractivity contribution >= 4 is 49.9 Å². The van der Waals surface area contributed by atoms with Gasteiger partial charge in [0.25, 0.3) is 0 Å². The largest absolute Gasteiger partial charge is 0.264 e. The lowest BCUT2D eigenvalue weighted by Gasteiger charge is -1.96. The number of hydrogen-bond donors (Lipinski definition) is 0. The fourth-order valence-electron chi connectivity index (χ4n) is 0.863. The zero-order valence-corrected chi connectivity index (χ0v) is 10.8. The smallest absolute Gasteiger partial charge is 0.178 e. The molecule has 3 nitrogen and oxygen atoms in total. The summed E-state index contributed by atoms with van der Waals surface area (Å²) in [5.74, 6) is 0. The SMILES string of the molecule is Brc1cnccc1-c1nnc(I)s1. The van der Waals surface area contributed by atoms with Gasteiger partial charge in [-0.05, 0) is 44.6 Å². The molecule has 0 fully saturated rings. The monoisotopic (exact) mass is 367 g/mol. The van der Waals surface area contributed by atoms with Crippen molar-refractivity contribution in [3.8, 4) is 10.6 Å². The summed E-state index contributed by atoms with van der Waals surface area (Å²) in [5.41, 5.74) is 1.04. The Morgan fingerprint density at radius 2 is 2.23 bits per heavy atom. The van der Waals surface area contributed by atoms with Gasteiger partial charge < -0.3 is 0 Å². The number of pyridine rings is 1. The molecule has 0 bridgehead atoms. The Hall–Kier alpha value is -0.0800. The van der Waals surface area contributed by atoms with Crippen molar-refractivity contribution < 1.29 is 0 Å². The maximum atomic E-state index is 4.05. The minimum Gasteiger partial charge on any atom is -0.264 e. The summed E-state index contributed by atoms with van der Waals surface area (Å²) in [4.78, 5) is 3.98. The number of rotatable bonds is 1.